The monoisotopic (exact) mass is 656 g/mol. The molecule has 0 aliphatic carbocycles. The summed E-state index contributed by atoms with van der Waals surface area (Å²) < 4.78 is 29.4. The third-order valence-electron chi connectivity index (χ3n) is 8.02. The maximum absolute atomic E-state index is 14.0. The van der Waals surface area contributed by atoms with Crippen molar-refractivity contribution in [3.8, 4) is 28.7 Å². The van der Waals surface area contributed by atoms with Gasteiger partial charge in [-0.3, -0.25) is 4.90 Å². The van der Waals surface area contributed by atoms with Crippen LogP contribution >= 0.6 is 0 Å². The van der Waals surface area contributed by atoms with Gasteiger partial charge in [0.25, 0.3) is 0 Å². The largest absolute Gasteiger partial charge is 0.493 e. The zero-order valence-corrected chi connectivity index (χ0v) is 28.5. The molecule has 1 saturated heterocycles. The van der Waals surface area contributed by atoms with Crippen molar-refractivity contribution in [2.45, 2.75) is 20.8 Å². The summed E-state index contributed by atoms with van der Waals surface area (Å²) >= 11 is 0. The number of hydrogen-bond donors (Lipinski definition) is 1. The molecule has 0 unspecified atom stereocenters. The number of amides is 1. The van der Waals surface area contributed by atoms with E-state index in [1.165, 1.54) is 4.90 Å². The minimum Gasteiger partial charge on any atom is -0.493 e. The number of aryl methyl sites for hydroxylation is 2. The molecule has 0 radical (unpaired) electrons. The van der Waals surface area contributed by atoms with E-state index in [0.717, 1.165) is 43.9 Å². The lowest BCUT2D eigenvalue weighted by Gasteiger charge is -2.32. The van der Waals surface area contributed by atoms with Gasteiger partial charge in [0.2, 0.25) is 11.7 Å². The summed E-state index contributed by atoms with van der Waals surface area (Å²) in [5.41, 5.74) is 2.75. The quantitative estimate of drug-likeness (QED) is 0.177. The molecular weight excluding hydrogens is 612 g/mol. The maximum Gasteiger partial charge on any atom is 0.425 e. The van der Waals surface area contributed by atoms with Crippen molar-refractivity contribution < 1.29 is 28.5 Å². The number of anilines is 4. The molecular formula is C36H44N6O6. The lowest BCUT2D eigenvalue weighted by Crippen LogP contribution is -2.45. The molecule has 1 fully saturated rings. The summed E-state index contributed by atoms with van der Waals surface area (Å²) in [4.78, 5) is 29.2. The number of likely N-dealkylation sites (N-methyl/N-ethyl adjacent to an activating group) is 1. The molecule has 0 saturated carbocycles. The maximum atomic E-state index is 14.0. The Bertz CT molecular complexity index is 1670. The Hall–Kier alpha value is -5.07. The fraction of sp³-hybridized carbons (Fsp3) is 0.361. The fourth-order valence-corrected chi connectivity index (χ4v) is 5.46. The summed E-state index contributed by atoms with van der Waals surface area (Å²) in [6.45, 7) is 11.4. The number of carbonyl (C=O) groups excluding carboxylic acids is 1. The number of nitrogens with one attached hydrogen (secondary N) is 1. The van der Waals surface area contributed by atoms with E-state index in [-0.39, 0.29) is 11.8 Å². The van der Waals surface area contributed by atoms with Crippen LogP contribution in [0.5, 0.6) is 28.7 Å². The second-order valence-electron chi connectivity index (χ2n) is 11.4. The molecule has 4 aromatic rings. The fourth-order valence-electron chi connectivity index (χ4n) is 5.46. The number of piperazine rings is 1. The van der Waals surface area contributed by atoms with E-state index >= 15 is 0 Å². The molecule has 1 aliphatic heterocycles. The van der Waals surface area contributed by atoms with E-state index in [4.69, 9.17) is 28.7 Å². The highest BCUT2D eigenvalue weighted by atomic mass is 16.6. The standard InChI is InChI=1S/C36H44N6O6/c1-7-46-29-14-9-8-13-28(29)42(36(43)48-33-25(2)11-10-12-26(33)3)32-15-16-37-35(39-32)38-27-23-30(44-5)34(45-6)31(24-27)47-22-21-41-19-17-40(4)18-20-41/h8-16,23-24H,7,17-22H2,1-6H3,(H,37,38,39). The molecule has 1 N–H and O–H groups in total. The number of ether oxygens (including phenoxy) is 5. The summed E-state index contributed by atoms with van der Waals surface area (Å²) in [6.07, 6.45) is 0.924. The number of para-hydroxylation sites is 3. The Kier molecular flexibility index (Phi) is 11.5. The zero-order valence-electron chi connectivity index (χ0n) is 28.5. The lowest BCUT2D eigenvalue weighted by molar-refractivity contribution is 0.132. The van der Waals surface area contributed by atoms with Gasteiger partial charge in [-0.1, -0.05) is 30.3 Å². The Labute approximate surface area is 282 Å². The van der Waals surface area contributed by atoms with E-state index in [9.17, 15) is 4.79 Å². The molecule has 1 amide bonds. The van der Waals surface area contributed by atoms with Gasteiger partial charge >= 0.3 is 6.09 Å². The molecule has 5 rings (SSSR count). The van der Waals surface area contributed by atoms with Crippen molar-refractivity contribution in [2.75, 3.05) is 77.4 Å². The number of methoxy groups -OCH3 is 2. The average molecular weight is 657 g/mol. The van der Waals surface area contributed by atoms with Crippen LogP contribution in [0.15, 0.2) is 66.9 Å². The minimum atomic E-state index is -0.647. The molecule has 1 aromatic heterocycles. The first-order valence-electron chi connectivity index (χ1n) is 16.0. The Morgan fingerprint density at radius 2 is 1.60 bits per heavy atom. The van der Waals surface area contributed by atoms with Gasteiger partial charge in [0.15, 0.2) is 11.5 Å². The van der Waals surface area contributed by atoms with Gasteiger partial charge < -0.3 is 33.9 Å². The Balaban J connectivity index is 1.44. The van der Waals surface area contributed by atoms with Gasteiger partial charge in [0.05, 0.1) is 26.5 Å². The molecule has 1 aliphatic rings. The Morgan fingerprint density at radius 1 is 0.875 bits per heavy atom. The van der Waals surface area contributed by atoms with Crippen LogP contribution in [0.25, 0.3) is 0 Å². The van der Waals surface area contributed by atoms with Crippen molar-refractivity contribution in [1.29, 1.82) is 0 Å². The van der Waals surface area contributed by atoms with Gasteiger partial charge in [0.1, 0.15) is 23.9 Å². The highest BCUT2D eigenvalue weighted by Gasteiger charge is 2.27. The number of nitrogens with zero attached hydrogens (tertiary/aromatic N) is 5. The van der Waals surface area contributed by atoms with Gasteiger partial charge in [-0.15, -0.1) is 0 Å². The van der Waals surface area contributed by atoms with Crippen LogP contribution in [0.2, 0.25) is 0 Å². The van der Waals surface area contributed by atoms with Crippen LogP contribution in [0.4, 0.5) is 27.9 Å². The van der Waals surface area contributed by atoms with Crippen molar-refractivity contribution in [2.24, 2.45) is 0 Å². The van der Waals surface area contributed by atoms with Gasteiger partial charge in [0, 0.05) is 62.8 Å². The summed E-state index contributed by atoms with van der Waals surface area (Å²) in [7, 11) is 5.29. The smallest absolute Gasteiger partial charge is 0.425 e. The van der Waals surface area contributed by atoms with Crippen molar-refractivity contribution in [3.05, 3.63) is 78.0 Å². The molecule has 254 valence electrons. The minimum absolute atomic E-state index is 0.238. The highest BCUT2D eigenvalue weighted by molar-refractivity contribution is 5.98. The van der Waals surface area contributed by atoms with E-state index in [0.29, 0.717) is 53.3 Å². The molecule has 12 nitrogen and oxygen atoms in total. The summed E-state index contributed by atoms with van der Waals surface area (Å²) in [5.74, 6) is 3.00. The number of rotatable bonds is 13. The van der Waals surface area contributed by atoms with Gasteiger partial charge in [-0.05, 0) is 51.1 Å². The first-order chi connectivity index (χ1) is 23.3. The zero-order chi connectivity index (χ0) is 34.0. The summed E-state index contributed by atoms with van der Waals surface area (Å²) in [6, 6.07) is 18.2. The van der Waals surface area contributed by atoms with Crippen molar-refractivity contribution in [3.63, 3.8) is 0 Å². The number of benzene rings is 3. The molecule has 3 aromatic carbocycles. The number of carbonyl (C=O) groups is 1. The van der Waals surface area contributed by atoms with E-state index in [1.54, 1.807) is 44.7 Å². The van der Waals surface area contributed by atoms with Crippen LogP contribution in [-0.4, -0.2) is 93.1 Å². The second-order valence-corrected chi connectivity index (χ2v) is 11.4. The van der Waals surface area contributed by atoms with E-state index in [2.05, 4.69) is 27.1 Å². The van der Waals surface area contributed by atoms with E-state index < -0.39 is 6.09 Å². The molecule has 0 bridgehead atoms. The van der Waals surface area contributed by atoms with Crippen LogP contribution in [0.3, 0.4) is 0 Å². The first kappa shape index (κ1) is 34.3. The number of hydrogen-bond acceptors (Lipinski definition) is 11. The first-order valence-corrected chi connectivity index (χ1v) is 16.0. The van der Waals surface area contributed by atoms with Gasteiger partial charge in [-0.25, -0.2) is 14.7 Å². The third kappa shape index (κ3) is 8.25. The van der Waals surface area contributed by atoms with Crippen molar-refractivity contribution in [1.82, 2.24) is 19.8 Å². The van der Waals surface area contributed by atoms with Gasteiger partial charge in [-0.2, -0.15) is 4.98 Å². The average Bonchev–Trinajstić information content (AvgIpc) is 3.08. The molecule has 0 spiro atoms. The summed E-state index contributed by atoms with van der Waals surface area (Å²) in [5, 5.41) is 3.24. The second kappa shape index (κ2) is 16.2. The van der Waals surface area contributed by atoms with Crippen LogP contribution in [0.1, 0.15) is 18.1 Å². The lowest BCUT2D eigenvalue weighted by atomic mass is 10.1. The molecule has 2 heterocycles. The predicted molar refractivity (Wildman–Crippen MR) is 186 cm³/mol. The van der Waals surface area contributed by atoms with Crippen LogP contribution in [-0.2, 0) is 0 Å². The molecule has 12 heteroatoms. The number of aromatic nitrogens is 2. The van der Waals surface area contributed by atoms with Crippen molar-refractivity contribution >= 4 is 29.2 Å². The molecule has 0 atom stereocenters. The third-order valence-corrected chi connectivity index (χ3v) is 8.02. The normalized spacial score (nSPS) is 13.5. The SMILES string of the molecule is CCOc1ccccc1N(C(=O)Oc1c(C)cccc1C)c1ccnc(Nc2cc(OC)c(OC)c(OCCN3CCN(C)CC3)c2)n1. The van der Waals surface area contributed by atoms with Crippen LogP contribution < -0.4 is 33.9 Å². The highest BCUT2D eigenvalue weighted by Crippen LogP contribution is 2.41. The predicted octanol–water partition coefficient (Wildman–Crippen LogP) is 6.22. The van der Waals surface area contributed by atoms with E-state index in [1.807, 2.05) is 57.2 Å². The molecule has 48 heavy (non-hydrogen) atoms. The topological polar surface area (TPSA) is 111 Å². The van der Waals surface area contributed by atoms with Crippen LogP contribution in [0, 0.1) is 13.8 Å². The Morgan fingerprint density at radius 3 is 2.31 bits per heavy atom.